The lowest BCUT2D eigenvalue weighted by Crippen LogP contribution is -2.23. The van der Waals surface area contributed by atoms with Crippen molar-refractivity contribution in [2.75, 3.05) is 21.3 Å². The average molecular weight is 408 g/mol. The summed E-state index contributed by atoms with van der Waals surface area (Å²) in [6.45, 7) is 0.737. The van der Waals surface area contributed by atoms with Crippen LogP contribution in [0.2, 0.25) is 0 Å². The lowest BCUT2D eigenvalue weighted by Gasteiger charge is -2.13. The number of carbonyl (C=O) groups is 1. The fraction of sp³-hybridized carbons (Fsp3) is 0.217. The number of pyridine rings is 1. The van der Waals surface area contributed by atoms with Crippen LogP contribution < -0.4 is 24.3 Å². The maximum absolute atomic E-state index is 12.6. The summed E-state index contributed by atoms with van der Waals surface area (Å²) in [5, 5.41) is 2.89. The van der Waals surface area contributed by atoms with Gasteiger partial charge in [-0.15, -0.1) is 0 Å². The summed E-state index contributed by atoms with van der Waals surface area (Å²) in [7, 11) is 4.66. The van der Waals surface area contributed by atoms with Crippen LogP contribution in [0.4, 0.5) is 0 Å². The minimum Gasteiger partial charge on any atom is -0.497 e. The predicted octanol–water partition coefficient (Wildman–Crippen LogP) is 3.62. The summed E-state index contributed by atoms with van der Waals surface area (Å²) < 4.78 is 21.8. The van der Waals surface area contributed by atoms with Crippen molar-refractivity contribution in [2.45, 2.75) is 13.2 Å². The third kappa shape index (κ3) is 5.20. The van der Waals surface area contributed by atoms with Gasteiger partial charge in [0.2, 0.25) is 0 Å². The fourth-order valence-corrected chi connectivity index (χ4v) is 2.84. The number of aromatic nitrogens is 1. The highest BCUT2D eigenvalue weighted by Crippen LogP contribution is 2.29. The Balaban J connectivity index is 1.65. The van der Waals surface area contributed by atoms with E-state index in [9.17, 15) is 4.79 Å². The van der Waals surface area contributed by atoms with Crippen molar-refractivity contribution < 1.29 is 23.7 Å². The summed E-state index contributed by atoms with van der Waals surface area (Å²) >= 11 is 0. The van der Waals surface area contributed by atoms with Crippen molar-refractivity contribution in [3.05, 3.63) is 77.6 Å². The number of nitrogens with one attached hydrogen (secondary N) is 1. The molecule has 0 aliphatic carbocycles. The first-order chi connectivity index (χ1) is 14.6. The zero-order chi connectivity index (χ0) is 21.3. The molecule has 1 heterocycles. The van der Waals surface area contributed by atoms with E-state index in [4.69, 9.17) is 18.9 Å². The standard InChI is InChI=1S/C23H24N2O5/c1-27-18-5-6-19(21(13-18)28-2)23(26)25-14-17-4-7-20(22(12-17)29-3)30-15-16-8-10-24-11-9-16/h4-13H,14-15H2,1-3H3,(H,25,26). The van der Waals surface area contributed by atoms with Crippen LogP contribution in [0.25, 0.3) is 0 Å². The SMILES string of the molecule is COc1ccc(C(=O)NCc2ccc(OCc3ccncc3)c(OC)c2)c(OC)c1. The maximum atomic E-state index is 12.6. The molecule has 0 fully saturated rings. The first-order valence-electron chi connectivity index (χ1n) is 9.33. The molecule has 0 unspecified atom stereocenters. The number of nitrogens with zero attached hydrogens (tertiary/aromatic N) is 1. The molecule has 0 spiro atoms. The quantitative estimate of drug-likeness (QED) is 0.583. The number of ether oxygens (including phenoxy) is 4. The van der Waals surface area contributed by atoms with Gasteiger partial charge < -0.3 is 24.3 Å². The number of hydrogen-bond donors (Lipinski definition) is 1. The monoisotopic (exact) mass is 408 g/mol. The molecule has 156 valence electrons. The second-order valence-electron chi connectivity index (χ2n) is 6.38. The van der Waals surface area contributed by atoms with Gasteiger partial charge in [0.25, 0.3) is 5.91 Å². The Hall–Kier alpha value is -3.74. The number of benzene rings is 2. The van der Waals surface area contributed by atoms with Crippen LogP contribution in [-0.4, -0.2) is 32.2 Å². The molecule has 0 saturated carbocycles. The topological polar surface area (TPSA) is 78.9 Å². The Morgan fingerprint density at radius 2 is 1.60 bits per heavy atom. The van der Waals surface area contributed by atoms with Crippen LogP contribution >= 0.6 is 0 Å². The molecule has 7 heteroatoms. The number of methoxy groups -OCH3 is 3. The van der Waals surface area contributed by atoms with Gasteiger partial charge in [-0.2, -0.15) is 0 Å². The van der Waals surface area contributed by atoms with Gasteiger partial charge >= 0.3 is 0 Å². The van der Waals surface area contributed by atoms with E-state index >= 15 is 0 Å². The van der Waals surface area contributed by atoms with Gasteiger partial charge in [-0.05, 0) is 47.5 Å². The van der Waals surface area contributed by atoms with Crippen LogP contribution in [0.5, 0.6) is 23.0 Å². The summed E-state index contributed by atoms with van der Waals surface area (Å²) in [5.41, 5.74) is 2.32. The Bertz CT molecular complexity index is 992. The first-order valence-corrected chi connectivity index (χ1v) is 9.33. The summed E-state index contributed by atoms with van der Waals surface area (Å²) in [6, 6.07) is 14.4. The number of amides is 1. The van der Waals surface area contributed by atoms with Crippen molar-refractivity contribution in [2.24, 2.45) is 0 Å². The lowest BCUT2D eigenvalue weighted by molar-refractivity contribution is 0.0947. The first kappa shape index (κ1) is 21.0. The van der Waals surface area contributed by atoms with Crippen LogP contribution in [0.3, 0.4) is 0 Å². The molecule has 0 saturated heterocycles. The third-order valence-electron chi connectivity index (χ3n) is 4.48. The number of rotatable bonds is 9. The highest BCUT2D eigenvalue weighted by molar-refractivity contribution is 5.97. The normalized spacial score (nSPS) is 10.2. The van der Waals surface area contributed by atoms with E-state index in [-0.39, 0.29) is 5.91 Å². The molecule has 7 nitrogen and oxygen atoms in total. The van der Waals surface area contributed by atoms with E-state index in [0.29, 0.717) is 41.7 Å². The van der Waals surface area contributed by atoms with Gasteiger partial charge in [0.1, 0.15) is 18.1 Å². The lowest BCUT2D eigenvalue weighted by atomic mass is 10.1. The Kier molecular flexibility index (Phi) is 7.10. The van der Waals surface area contributed by atoms with Gasteiger partial charge in [0.15, 0.2) is 11.5 Å². The molecule has 1 N–H and O–H groups in total. The molecule has 1 aromatic heterocycles. The van der Waals surface area contributed by atoms with E-state index < -0.39 is 0 Å². The predicted molar refractivity (Wildman–Crippen MR) is 112 cm³/mol. The molecule has 0 atom stereocenters. The summed E-state index contributed by atoms with van der Waals surface area (Å²) in [6.07, 6.45) is 3.44. The molecule has 0 aliphatic heterocycles. The molecule has 3 rings (SSSR count). The van der Waals surface area contributed by atoms with E-state index in [0.717, 1.165) is 11.1 Å². The molecule has 3 aromatic rings. The molecular weight excluding hydrogens is 384 g/mol. The number of hydrogen-bond acceptors (Lipinski definition) is 6. The van der Waals surface area contributed by atoms with Gasteiger partial charge in [-0.1, -0.05) is 6.07 Å². The van der Waals surface area contributed by atoms with Gasteiger partial charge in [-0.3, -0.25) is 9.78 Å². The van der Waals surface area contributed by atoms with E-state index in [1.807, 2.05) is 30.3 Å². The van der Waals surface area contributed by atoms with Crippen molar-refractivity contribution in [1.82, 2.24) is 10.3 Å². The molecule has 2 aromatic carbocycles. The maximum Gasteiger partial charge on any atom is 0.255 e. The van der Waals surface area contributed by atoms with Crippen LogP contribution in [-0.2, 0) is 13.2 Å². The smallest absolute Gasteiger partial charge is 0.255 e. The molecule has 0 radical (unpaired) electrons. The second kappa shape index (κ2) is 10.2. The van der Waals surface area contributed by atoms with Crippen LogP contribution in [0.15, 0.2) is 60.9 Å². The molecule has 1 amide bonds. The molecular formula is C23H24N2O5. The Morgan fingerprint density at radius 3 is 2.30 bits per heavy atom. The Labute approximate surface area is 175 Å². The fourth-order valence-electron chi connectivity index (χ4n) is 2.84. The second-order valence-corrected chi connectivity index (χ2v) is 6.38. The molecule has 0 bridgehead atoms. The number of carbonyl (C=O) groups excluding carboxylic acids is 1. The van der Waals surface area contributed by atoms with E-state index in [2.05, 4.69) is 10.3 Å². The third-order valence-corrected chi connectivity index (χ3v) is 4.48. The van der Waals surface area contributed by atoms with Gasteiger partial charge in [0, 0.05) is 25.0 Å². The van der Waals surface area contributed by atoms with Crippen molar-refractivity contribution >= 4 is 5.91 Å². The van der Waals surface area contributed by atoms with Crippen LogP contribution in [0.1, 0.15) is 21.5 Å². The zero-order valence-electron chi connectivity index (χ0n) is 17.2. The van der Waals surface area contributed by atoms with Gasteiger partial charge in [-0.25, -0.2) is 0 Å². The summed E-state index contributed by atoms with van der Waals surface area (Å²) in [5.74, 6) is 2.05. The Morgan fingerprint density at radius 1 is 0.833 bits per heavy atom. The highest BCUT2D eigenvalue weighted by Gasteiger charge is 2.14. The molecule has 30 heavy (non-hydrogen) atoms. The average Bonchev–Trinajstić information content (AvgIpc) is 2.81. The van der Waals surface area contributed by atoms with E-state index in [1.165, 1.54) is 7.11 Å². The minimum absolute atomic E-state index is 0.244. The highest BCUT2D eigenvalue weighted by atomic mass is 16.5. The molecule has 0 aliphatic rings. The zero-order valence-corrected chi connectivity index (χ0v) is 17.2. The van der Waals surface area contributed by atoms with Gasteiger partial charge in [0.05, 0.1) is 26.9 Å². The summed E-state index contributed by atoms with van der Waals surface area (Å²) in [4.78, 5) is 16.6. The van der Waals surface area contributed by atoms with E-state index in [1.54, 1.807) is 44.8 Å². The minimum atomic E-state index is -0.244. The van der Waals surface area contributed by atoms with Crippen molar-refractivity contribution in [1.29, 1.82) is 0 Å². The van der Waals surface area contributed by atoms with Crippen molar-refractivity contribution in [3.63, 3.8) is 0 Å². The largest absolute Gasteiger partial charge is 0.497 e. The van der Waals surface area contributed by atoms with Crippen LogP contribution in [0, 0.1) is 0 Å². The van der Waals surface area contributed by atoms with Crippen molar-refractivity contribution in [3.8, 4) is 23.0 Å².